The number of hydrogen-bond acceptors (Lipinski definition) is 3. The summed E-state index contributed by atoms with van der Waals surface area (Å²) >= 11 is 0. The third-order valence-corrected chi connectivity index (χ3v) is 4.59. The summed E-state index contributed by atoms with van der Waals surface area (Å²) in [6.07, 6.45) is 4.94. The van der Waals surface area contributed by atoms with Gasteiger partial charge in [0.25, 0.3) is 0 Å². The van der Waals surface area contributed by atoms with Crippen LogP contribution in [0.4, 0.5) is 0 Å². The number of carbonyl (C=O) groups excluding carboxylic acids is 1. The van der Waals surface area contributed by atoms with Crippen LogP contribution in [0.25, 0.3) is 0 Å². The number of likely N-dealkylation sites (N-methyl/N-ethyl adjacent to an activating group) is 2. The summed E-state index contributed by atoms with van der Waals surface area (Å²) in [5.74, 6) is -0.284. The fourth-order valence-electron chi connectivity index (χ4n) is 2.73. The number of carbonyl (C=O) groups is 1. The molecule has 0 saturated heterocycles. The van der Waals surface area contributed by atoms with E-state index in [1.165, 1.54) is 25.7 Å². The van der Waals surface area contributed by atoms with Crippen LogP contribution in [0, 0.1) is 5.41 Å². The smallest absolute Gasteiger partial charge is 0.238 e. The van der Waals surface area contributed by atoms with Gasteiger partial charge in [-0.2, -0.15) is 0 Å². The quantitative estimate of drug-likeness (QED) is 0.779. The zero-order valence-corrected chi connectivity index (χ0v) is 12.5. The summed E-state index contributed by atoms with van der Waals surface area (Å²) in [5.41, 5.74) is 5.32. The van der Waals surface area contributed by atoms with Crippen LogP contribution in [0.2, 0.25) is 0 Å². The predicted octanol–water partition coefficient (Wildman–Crippen LogP) is 1.35. The van der Waals surface area contributed by atoms with Gasteiger partial charge in [0.15, 0.2) is 0 Å². The Morgan fingerprint density at radius 2 is 1.94 bits per heavy atom. The van der Waals surface area contributed by atoms with Crippen LogP contribution in [-0.2, 0) is 4.79 Å². The maximum Gasteiger partial charge on any atom is 0.238 e. The number of nitrogens with one attached hydrogen (secondary N) is 1. The first-order valence-corrected chi connectivity index (χ1v) is 6.89. The molecule has 0 aliphatic heterocycles. The average Bonchev–Trinajstić information content (AvgIpc) is 2.28. The molecule has 0 aromatic rings. The molecule has 1 amide bonds. The topological polar surface area (TPSA) is 58.4 Å². The van der Waals surface area contributed by atoms with Crippen molar-refractivity contribution < 1.29 is 4.79 Å². The second kappa shape index (κ2) is 5.57. The summed E-state index contributed by atoms with van der Waals surface area (Å²) in [6, 6.07) is 0.574. The van der Waals surface area contributed by atoms with Crippen molar-refractivity contribution in [2.45, 2.75) is 58.0 Å². The number of primary amides is 1. The number of rotatable bonds is 5. The number of nitrogens with two attached hydrogens (primary N) is 1. The first-order valence-electron chi connectivity index (χ1n) is 6.89. The highest BCUT2D eigenvalue weighted by atomic mass is 16.1. The Labute approximate surface area is 111 Å². The Kier molecular flexibility index (Phi) is 4.78. The van der Waals surface area contributed by atoms with Crippen molar-refractivity contribution in [3.05, 3.63) is 0 Å². The fraction of sp³-hybridized carbons (Fsp3) is 0.929. The van der Waals surface area contributed by atoms with Gasteiger partial charge in [0, 0.05) is 12.6 Å². The van der Waals surface area contributed by atoms with Crippen molar-refractivity contribution in [1.29, 1.82) is 0 Å². The fourth-order valence-corrected chi connectivity index (χ4v) is 2.73. The molecule has 0 spiro atoms. The van der Waals surface area contributed by atoms with Gasteiger partial charge in [-0.1, -0.05) is 13.8 Å². The molecule has 0 aromatic heterocycles. The lowest BCUT2D eigenvalue weighted by Gasteiger charge is -2.41. The van der Waals surface area contributed by atoms with Crippen LogP contribution < -0.4 is 11.1 Å². The summed E-state index contributed by atoms with van der Waals surface area (Å²) in [4.78, 5) is 13.8. The zero-order chi connectivity index (χ0) is 14.0. The molecule has 1 aliphatic carbocycles. The van der Waals surface area contributed by atoms with Gasteiger partial charge < -0.3 is 16.0 Å². The van der Waals surface area contributed by atoms with Gasteiger partial charge in [-0.3, -0.25) is 4.79 Å². The van der Waals surface area contributed by atoms with E-state index in [9.17, 15) is 4.79 Å². The lowest BCUT2D eigenvalue weighted by Crippen LogP contribution is -2.59. The highest BCUT2D eigenvalue weighted by molar-refractivity contribution is 5.84. The largest absolute Gasteiger partial charge is 0.368 e. The van der Waals surface area contributed by atoms with E-state index in [1.54, 1.807) is 7.05 Å². The summed E-state index contributed by atoms with van der Waals surface area (Å²) in [6.45, 7) is 7.22. The summed E-state index contributed by atoms with van der Waals surface area (Å²) in [5, 5.41) is 3.05. The van der Waals surface area contributed by atoms with Crippen LogP contribution in [0.3, 0.4) is 0 Å². The van der Waals surface area contributed by atoms with E-state index < -0.39 is 5.54 Å². The van der Waals surface area contributed by atoms with Crippen molar-refractivity contribution >= 4 is 5.91 Å². The molecule has 1 saturated carbocycles. The molecule has 18 heavy (non-hydrogen) atoms. The standard InChI is InChI=1S/C14H29N3O/c1-13(2)8-6-11(7-9-13)17(5)10-14(3,16-4)12(15)18/h11,16H,6-10H2,1-5H3,(H2,15,18). The Balaban J connectivity index is 2.56. The number of hydrogen-bond donors (Lipinski definition) is 2. The third kappa shape index (κ3) is 3.69. The second-order valence-corrected chi connectivity index (χ2v) is 6.76. The minimum absolute atomic E-state index is 0.284. The molecule has 4 nitrogen and oxygen atoms in total. The molecule has 1 atom stereocenters. The third-order valence-electron chi connectivity index (χ3n) is 4.59. The molecule has 0 bridgehead atoms. The van der Waals surface area contributed by atoms with Crippen molar-refractivity contribution in [2.24, 2.45) is 11.1 Å². The van der Waals surface area contributed by atoms with Gasteiger partial charge in [-0.15, -0.1) is 0 Å². The molecule has 1 aliphatic rings. The zero-order valence-electron chi connectivity index (χ0n) is 12.5. The molecule has 4 heteroatoms. The van der Waals surface area contributed by atoms with E-state index in [1.807, 2.05) is 6.92 Å². The minimum atomic E-state index is -0.637. The number of amides is 1. The van der Waals surface area contributed by atoms with Gasteiger partial charge in [0.2, 0.25) is 5.91 Å². The molecule has 106 valence electrons. The molecule has 0 heterocycles. The molecule has 0 aromatic carbocycles. The van der Waals surface area contributed by atoms with Gasteiger partial charge in [0.1, 0.15) is 5.54 Å². The van der Waals surface area contributed by atoms with Crippen molar-refractivity contribution in [3.63, 3.8) is 0 Å². The van der Waals surface area contributed by atoms with Gasteiger partial charge in [0.05, 0.1) is 0 Å². The average molecular weight is 255 g/mol. The van der Waals surface area contributed by atoms with Gasteiger partial charge in [-0.25, -0.2) is 0 Å². The van der Waals surface area contributed by atoms with Crippen LogP contribution in [0.5, 0.6) is 0 Å². The van der Waals surface area contributed by atoms with Crippen LogP contribution in [-0.4, -0.2) is 43.0 Å². The Bertz CT molecular complexity index is 293. The second-order valence-electron chi connectivity index (χ2n) is 6.76. The lowest BCUT2D eigenvalue weighted by molar-refractivity contribution is -0.124. The van der Waals surface area contributed by atoms with Crippen molar-refractivity contribution in [3.8, 4) is 0 Å². The monoisotopic (exact) mass is 255 g/mol. The van der Waals surface area contributed by atoms with Crippen LogP contribution in [0.1, 0.15) is 46.5 Å². The van der Waals surface area contributed by atoms with E-state index in [4.69, 9.17) is 5.73 Å². The normalized spacial score (nSPS) is 23.9. The van der Waals surface area contributed by atoms with E-state index >= 15 is 0 Å². The van der Waals surface area contributed by atoms with Crippen LogP contribution >= 0.6 is 0 Å². The SMILES string of the molecule is CNC(C)(CN(C)C1CCC(C)(C)CC1)C(N)=O. The molecule has 0 radical (unpaired) electrons. The molecular weight excluding hydrogens is 226 g/mol. The minimum Gasteiger partial charge on any atom is -0.368 e. The predicted molar refractivity (Wildman–Crippen MR) is 75.3 cm³/mol. The Morgan fingerprint density at radius 3 is 2.33 bits per heavy atom. The van der Waals surface area contributed by atoms with Gasteiger partial charge in [-0.05, 0) is 52.1 Å². The summed E-state index contributed by atoms with van der Waals surface area (Å²) < 4.78 is 0. The van der Waals surface area contributed by atoms with Crippen LogP contribution in [0.15, 0.2) is 0 Å². The Morgan fingerprint density at radius 1 is 1.44 bits per heavy atom. The highest BCUT2D eigenvalue weighted by Crippen LogP contribution is 2.36. The van der Waals surface area contributed by atoms with Gasteiger partial charge >= 0.3 is 0 Å². The first kappa shape index (κ1) is 15.4. The van der Waals surface area contributed by atoms with E-state index in [2.05, 4.69) is 31.1 Å². The first-order chi connectivity index (χ1) is 8.20. The van der Waals surface area contributed by atoms with E-state index in [-0.39, 0.29) is 5.91 Å². The van der Waals surface area contributed by atoms with Crippen molar-refractivity contribution in [2.75, 3.05) is 20.6 Å². The van der Waals surface area contributed by atoms with Crippen molar-refractivity contribution in [1.82, 2.24) is 10.2 Å². The molecule has 1 rings (SSSR count). The molecule has 3 N–H and O–H groups in total. The maximum absolute atomic E-state index is 11.5. The van der Waals surface area contributed by atoms with E-state index in [0.717, 1.165) is 0 Å². The Hall–Kier alpha value is -0.610. The highest BCUT2D eigenvalue weighted by Gasteiger charge is 2.34. The molecule has 1 fully saturated rings. The number of nitrogens with zero attached hydrogens (tertiary/aromatic N) is 1. The molecular formula is C14H29N3O. The lowest BCUT2D eigenvalue weighted by atomic mass is 9.75. The maximum atomic E-state index is 11.5. The van der Waals surface area contributed by atoms with E-state index in [0.29, 0.717) is 18.0 Å². The molecule has 1 unspecified atom stereocenters. The summed E-state index contributed by atoms with van der Waals surface area (Å²) in [7, 11) is 3.89.